The van der Waals surface area contributed by atoms with Crippen molar-refractivity contribution in [1.29, 1.82) is 0 Å². The molecular weight excluding hydrogens is 292 g/mol. The summed E-state index contributed by atoms with van der Waals surface area (Å²) in [6, 6.07) is 0. The van der Waals surface area contributed by atoms with E-state index in [1.165, 1.54) is 0 Å². The number of carbonyl (C=O) groups is 1. The van der Waals surface area contributed by atoms with E-state index in [4.69, 9.17) is 0 Å². The molecule has 128 valence electrons. The number of ketones is 1. The molecule has 0 spiro atoms. The first kappa shape index (κ1) is 15.8. The van der Waals surface area contributed by atoms with Crippen LogP contribution in [0.2, 0.25) is 0 Å². The van der Waals surface area contributed by atoms with Crippen LogP contribution in [-0.2, 0) is 4.79 Å². The van der Waals surface area contributed by atoms with Crippen LogP contribution in [0.4, 0.5) is 0 Å². The lowest BCUT2D eigenvalue weighted by Gasteiger charge is -2.59. The number of carbonyl (C=O) groups excluding carboxylic acids is 1. The van der Waals surface area contributed by atoms with Crippen molar-refractivity contribution < 1.29 is 20.1 Å². The standard InChI is InChI=1S/C19H28O4/c1-18-6-5-11(20)7-10(18)8-13(21)16-12-3-4-15(23)19(12,2)9-14(22)17(16)18/h8,11-14,16-17,20-22H,3-7,9H2,1-2H3/t11-,12-,13-,14+,16+,17?,18-,19-/m0/s1. The molecular formula is C19H28O4. The maximum atomic E-state index is 12.4. The van der Waals surface area contributed by atoms with E-state index in [1.54, 1.807) is 0 Å². The first-order valence-corrected chi connectivity index (χ1v) is 9.06. The molecule has 1 unspecified atom stereocenters. The van der Waals surface area contributed by atoms with Gasteiger partial charge in [0, 0.05) is 11.8 Å². The Hall–Kier alpha value is -0.710. The summed E-state index contributed by atoms with van der Waals surface area (Å²) in [5.74, 6) is 0.374. The lowest BCUT2D eigenvalue weighted by Crippen LogP contribution is -2.59. The molecule has 4 aliphatic rings. The second-order valence-corrected chi connectivity index (χ2v) is 8.86. The van der Waals surface area contributed by atoms with Gasteiger partial charge in [-0.1, -0.05) is 25.5 Å². The summed E-state index contributed by atoms with van der Waals surface area (Å²) >= 11 is 0. The minimum absolute atomic E-state index is 0.00558. The number of rotatable bonds is 0. The van der Waals surface area contributed by atoms with Gasteiger partial charge < -0.3 is 15.3 Å². The topological polar surface area (TPSA) is 77.8 Å². The Kier molecular flexibility index (Phi) is 3.37. The van der Waals surface area contributed by atoms with Crippen LogP contribution < -0.4 is 0 Å². The highest BCUT2D eigenvalue weighted by Gasteiger charge is 2.63. The fourth-order valence-corrected chi connectivity index (χ4v) is 6.52. The van der Waals surface area contributed by atoms with E-state index in [-0.39, 0.29) is 35.1 Å². The summed E-state index contributed by atoms with van der Waals surface area (Å²) in [6.07, 6.45) is 4.57. The van der Waals surface area contributed by atoms with Crippen LogP contribution in [0.25, 0.3) is 0 Å². The summed E-state index contributed by atoms with van der Waals surface area (Å²) in [5, 5.41) is 31.8. The van der Waals surface area contributed by atoms with Gasteiger partial charge in [0.25, 0.3) is 0 Å². The summed E-state index contributed by atoms with van der Waals surface area (Å²) < 4.78 is 0. The van der Waals surface area contributed by atoms with E-state index in [0.29, 0.717) is 19.3 Å². The molecule has 4 aliphatic carbocycles. The van der Waals surface area contributed by atoms with Crippen LogP contribution in [0, 0.1) is 28.6 Å². The lowest BCUT2D eigenvalue weighted by atomic mass is 9.46. The monoisotopic (exact) mass is 320 g/mol. The normalized spacial score (nSPS) is 55.7. The SMILES string of the molecule is C[C@]12CC[C@H](O)CC1=C[C@H](O)[C@@H]1C2[C@H](O)C[C@]2(C)C(=O)CC[C@@H]12. The molecule has 4 heteroatoms. The molecule has 0 saturated heterocycles. The molecule has 0 aromatic heterocycles. The molecule has 4 rings (SSSR count). The number of aliphatic hydroxyl groups excluding tert-OH is 3. The van der Waals surface area contributed by atoms with Crippen molar-refractivity contribution in [3.63, 3.8) is 0 Å². The number of hydrogen-bond acceptors (Lipinski definition) is 4. The largest absolute Gasteiger partial charge is 0.393 e. The number of Topliss-reactive ketones (excluding diaryl/α,β-unsaturated/α-hetero) is 1. The number of aliphatic hydroxyl groups is 3. The molecule has 3 fully saturated rings. The third-order valence-electron chi connectivity index (χ3n) is 7.75. The van der Waals surface area contributed by atoms with Gasteiger partial charge in [-0.05, 0) is 55.3 Å². The first-order chi connectivity index (χ1) is 10.8. The van der Waals surface area contributed by atoms with Crippen molar-refractivity contribution in [3.8, 4) is 0 Å². The van der Waals surface area contributed by atoms with Crippen LogP contribution in [0.3, 0.4) is 0 Å². The van der Waals surface area contributed by atoms with Gasteiger partial charge in [0.1, 0.15) is 5.78 Å². The summed E-state index contributed by atoms with van der Waals surface area (Å²) in [5.41, 5.74) is 0.476. The minimum atomic E-state index is -0.612. The van der Waals surface area contributed by atoms with E-state index in [1.807, 2.05) is 13.0 Å². The quantitative estimate of drug-likeness (QED) is 0.595. The predicted octanol–water partition coefficient (Wildman–Crippen LogP) is 1.82. The summed E-state index contributed by atoms with van der Waals surface area (Å²) in [6.45, 7) is 4.18. The summed E-state index contributed by atoms with van der Waals surface area (Å²) in [4.78, 5) is 12.4. The van der Waals surface area contributed by atoms with Gasteiger partial charge in [-0.25, -0.2) is 0 Å². The fraction of sp³-hybridized carbons (Fsp3) is 0.842. The van der Waals surface area contributed by atoms with Crippen molar-refractivity contribution in [3.05, 3.63) is 11.6 Å². The first-order valence-electron chi connectivity index (χ1n) is 9.06. The zero-order valence-corrected chi connectivity index (χ0v) is 14.0. The Morgan fingerprint density at radius 3 is 2.61 bits per heavy atom. The molecule has 3 N–H and O–H groups in total. The molecule has 8 atom stereocenters. The van der Waals surface area contributed by atoms with E-state index in [9.17, 15) is 20.1 Å². The number of fused-ring (bicyclic) bond motifs is 5. The molecule has 23 heavy (non-hydrogen) atoms. The Morgan fingerprint density at radius 1 is 1.13 bits per heavy atom. The van der Waals surface area contributed by atoms with Gasteiger partial charge in [-0.15, -0.1) is 0 Å². The Labute approximate surface area is 137 Å². The maximum absolute atomic E-state index is 12.4. The van der Waals surface area contributed by atoms with Gasteiger partial charge in [0.05, 0.1) is 18.3 Å². The van der Waals surface area contributed by atoms with Crippen LogP contribution >= 0.6 is 0 Å². The molecule has 0 aromatic carbocycles. The fourth-order valence-electron chi connectivity index (χ4n) is 6.52. The molecule has 0 bridgehead atoms. The molecule has 0 aliphatic heterocycles. The van der Waals surface area contributed by atoms with Gasteiger partial charge in [0.2, 0.25) is 0 Å². The van der Waals surface area contributed by atoms with E-state index >= 15 is 0 Å². The average molecular weight is 320 g/mol. The molecule has 0 heterocycles. The van der Waals surface area contributed by atoms with Crippen molar-refractivity contribution in [2.45, 2.75) is 70.7 Å². The van der Waals surface area contributed by atoms with Crippen LogP contribution in [0.5, 0.6) is 0 Å². The van der Waals surface area contributed by atoms with Crippen LogP contribution in [-0.4, -0.2) is 39.4 Å². The number of hydrogen-bond donors (Lipinski definition) is 3. The highest BCUT2D eigenvalue weighted by molar-refractivity contribution is 5.87. The van der Waals surface area contributed by atoms with E-state index in [2.05, 4.69) is 6.92 Å². The Balaban J connectivity index is 1.79. The smallest absolute Gasteiger partial charge is 0.139 e. The third kappa shape index (κ3) is 1.98. The highest BCUT2D eigenvalue weighted by Crippen LogP contribution is 2.63. The molecule has 0 radical (unpaired) electrons. The highest BCUT2D eigenvalue weighted by atomic mass is 16.3. The Bertz CT molecular complexity index is 570. The van der Waals surface area contributed by atoms with Gasteiger partial charge >= 0.3 is 0 Å². The zero-order valence-electron chi connectivity index (χ0n) is 14.0. The molecule has 0 amide bonds. The van der Waals surface area contributed by atoms with Crippen molar-refractivity contribution in [2.24, 2.45) is 28.6 Å². The molecule has 4 nitrogen and oxygen atoms in total. The van der Waals surface area contributed by atoms with Crippen molar-refractivity contribution in [2.75, 3.05) is 0 Å². The minimum Gasteiger partial charge on any atom is -0.393 e. The van der Waals surface area contributed by atoms with Crippen molar-refractivity contribution in [1.82, 2.24) is 0 Å². The zero-order chi connectivity index (χ0) is 16.6. The second-order valence-electron chi connectivity index (χ2n) is 8.86. The second kappa shape index (κ2) is 4.90. The third-order valence-corrected chi connectivity index (χ3v) is 7.75. The predicted molar refractivity (Wildman–Crippen MR) is 85.5 cm³/mol. The van der Waals surface area contributed by atoms with Gasteiger partial charge in [-0.2, -0.15) is 0 Å². The molecule has 0 aromatic rings. The molecule has 3 saturated carbocycles. The maximum Gasteiger partial charge on any atom is 0.139 e. The van der Waals surface area contributed by atoms with Crippen LogP contribution in [0.1, 0.15) is 52.4 Å². The van der Waals surface area contributed by atoms with Crippen LogP contribution in [0.15, 0.2) is 11.6 Å². The lowest BCUT2D eigenvalue weighted by molar-refractivity contribution is -0.157. The van der Waals surface area contributed by atoms with E-state index < -0.39 is 17.6 Å². The van der Waals surface area contributed by atoms with Crippen molar-refractivity contribution >= 4 is 5.78 Å². The van der Waals surface area contributed by atoms with Gasteiger partial charge in [-0.3, -0.25) is 4.79 Å². The summed E-state index contributed by atoms with van der Waals surface area (Å²) in [7, 11) is 0. The average Bonchev–Trinajstić information content (AvgIpc) is 2.76. The Morgan fingerprint density at radius 2 is 1.87 bits per heavy atom. The van der Waals surface area contributed by atoms with E-state index in [0.717, 1.165) is 24.8 Å². The van der Waals surface area contributed by atoms with Gasteiger partial charge in [0.15, 0.2) is 0 Å².